The van der Waals surface area contributed by atoms with Gasteiger partial charge in [0.1, 0.15) is 5.01 Å². The van der Waals surface area contributed by atoms with Gasteiger partial charge in [0.25, 0.3) is 0 Å². The van der Waals surface area contributed by atoms with Crippen LogP contribution in [0, 0.1) is 0 Å². The Morgan fingerprint density at radius 3 is 2.63 bits per heavy atom. The minimum atomic E-state index is 0.0465. The topological polar surface area (TPSA) is 58.1 Å². The maximum absolute atomic E-state index is 12.3. The van der Waals surface area contributed by atoms with Crippen LogP contribution in [0.3, 0.4) is 0 Å². The first kappa shape index (κ1) is 19.2. The van der Waals surface area contributed by atoms with Gasteiger partial charge in [-0.1, -0.05) is 36.4 Å². The number of hydrogen-bond donors (Lipinski definition) is 1. The number of amides is 1. The highest BCUT2D eigenvalue weighted by Crippen LogP contribution is 2.22. The maximum Gasteiger partial charge on any atom is 0.220 e. The standard InChI is InChI=1S/C21H24N4OS/c1-25(2)19(16-8-4-3-5-9-16)14-23-20(26)12-11-17-15-27-21(24-17)18-10-6-7-13-22-18/h3-10,13,15,19H,11-12,14H2,1-2H3,(H,23,26). The molecular formula is C21H24N4OS. The average Bonchev–Trinajstić information content (AvgIpc) is 3.17. The summed E-state index contributed by atoms with van der Waals surface area (Å²) in [5.41, 5.74) is 3.00. The van der Waals surface area contributed by atoms with Crippen molar-refractivity contribution < 1.29 is 4.79 Å². The zero-order chi connectivity index (χ0) is 19.1. The van der Waals surface area contributed by atoms with Crippen molar-refractivity contribution in [3.05, 3.63) is 71.4 Å². The van der Waals surface area contributed by atoms with Gasteiger partial charge in [0.05, 0.1) is 17.4 Å². The molecule has 2 heterocycles. The highest BCUT2D eigenvalue weighted by atomic mass is 32.1. The fourth-order valence-electron chi connectivity index (χ4n) is 2.84. The Balaban J connectivity index is 1.50. The fraction of sp³-hybridized carbons (Fsp3) is 0.286. The third kappa shape index (κ3) is 5.45. The smallest absolute Gasteiger partial charge is 0.220 e. The predicted octanol–water partition coefficient (Wildman–Crippen LogP) is 3.56. The molecule has 1 amide bonds. The van der Waals surface area contributed by atoms with E-state index < -0.39 is 0 Å². The molecule has 0 fully saturated rings. The minimum Gasteiger partial charge on any atom is -0.354 e. The maximum atomic E-state index is 12.3. The van der Waals surface area contributed by atoms with Gasteiger partial charge in [-0.15, -0.1) is 11.3 Å². The summed E-state index contributed by atoms with van der Waals surface area (Å²) >= 11 is 1.56. The van der Waals surface area contributed by atoms with Gasteiger partial charge < -0.3 is 10.2 Å². The number of carbonyl (C=O) groups excluding carboxylic acids is 1. The first-order valence-corrected chi connectivity index (χ1v) is 9.85. The average molecular weight is 381 g/mol. The number of aryl methyl sites for hydroxylation is 1. The number of rotatable bonds is 8. The number of hydrogen-bond acceptors (Lipinski definition) is 5. The molecule has 1 aromatic carbocycles. The summed E-state index contributed by atoms with van der Waals surface area (Å²) in [6.07, 6.45) is 2.82. The van der Waals surface area contributed by atoms with Crippen LogP contribution in [0.2, 0.25) is 0 Å². The second-order valence-corrected chi connectivity index (χ2v) is 7.41. The number of nitrogens with one attached hydrogen (secondary N) is 1. The second kappa shape index (κ2) is 9.39. The molecule has 1 atom stereocenters. The molecule has 140 valence electrons. The van der Waals surface area contributed by atoms with Gasteiger partial charge in [0, 0.05) is 24.5 Å². The van der Waals surface area contributed by atoms with E-state index in [0.717, 1.165) is 16.4 Å². The molecule has 1 N–H and O–H groups in total. The van der Waals surface area contributed by atoms with Crippen LogP contribution in [0.15, 0.2) is 60.1 Å². The lowest BCUT2D eigenvalue weighted by Gasteiger charge is -2.25. The van der Waals surface area contributed by atoms with E-state index in [4.69, 9.17) is 0 Å². The van der Waals surface area contributed by atoms with E-state index in [1.54, 1.807) is 17.5 Å². The summed E-state index contributed by atoms with van der Waals surface area (Å²) in [4.78, 5) is 23.3. The Morgan fingerprint density at radius 2 is 1.93 bits per heavy atom. The third-order valence-corrected chi connectivity index (χ3v) is 5.26. The van der Waals surface area contributed by atoms with Gasteiger partial charge in [-0.05, 0) is 38.2 Å². The van der Waals surface area contributed by atoms with Gasteiger partial charge in [0.15, 0.2) is 0 Å². The van der Waals surface area contributed by atoms with E-state index in [9.17, 15) is 4.79 Å². The van der Waals surface area contributed by atoms with Crippen molar-refractivity contribution in [2.45, 2.75) is 18.9 Å². The lowest BCUT2D eigenvalue weighted by Crippen LogP contribution is -2.34. The molecular weight excluding hydrogens is 356 g/mol. The fourth-order valence-corrected chi connectivity index (χ4v) is 3.67. The van der Waals surface area contributed by atoms with Crippen LogP contribution in [-0.2, 0) is 11.2 Å². The molecule has 0 aliphatic carbocycles. The molecule has 1 unspecified atom stereocenters. The summed E-state index contributed by atoms with van der Waals surface area (Å²) in [7, 11) is 4.05. The van der Waals surface area contributed by atoms with Crippen LogP contribution >= 0.6 is 11.3 Å². The number of aromatic nitrogens is 2. The third-order valence-electron chi connectivity index (χ3n) is 4.34. The molecule has 0 radical (unpaired) electrons. The van der Waals surface area contributed by atoms with Gasteiger partial charge in [-0.25, -0.2) is 4.98 Å². The van der Waals surface area contributed by atoms with E-state index in [1.165, 1.54) is 5.56 Å². The summed E-state index contributed by atoms with van der Waals surface area (Å²) < 4.78 is 0. The lowest BCUT2D eigenvalue weighted by atomic mass is 10.1. The van der Waals surface area contributed by atoms with Gasteiger partial charge in [-0.2, -0.15) is 0 Å². The van der Waals surface area contributed by atoms with E-state index in [2.05, 4.69) is 32.3 Å². The monoisotopic (exact) mass is 380 g/mol. The molecule has 27 heavy (non-hydrogen) atoms. The molecule has 0 aliphatic heterocycles. The van der Waals surface area contributed by atoms with E-state index in [0.29, 0.717) is 19.4 Å². The van der Waals surface area contributed by atoms with Crippen molar-refractivity contribution in [3.63, 3.8) is 0 Å². The predicted molar refractivity (Wildman–Crippen MR) is 110 cm³/mol. The Kier molecular flexibility index (Phi) is 6.68. The van der Waals surface area contributed by atoms with E-state index >= 15 is 0 Å². The number of carbonyl (C=O) groups is 1. The van der Waals surface area contributed by atoms with Gasteiger partial charge in [0.2, 0.25) is 5.91 Å². The summed E-state index contributed by atoms with van der Waals surface area (Å²) in [6.45, 7) is 0.589. The van der Waals surface area contributed by atoms with Crippen LogP contribution in [0.5, 0.6) is 0 Å². The molecule has 0 aliphatic rings. The SMILES string of the molecule is CN(C)C(CNC(=O)CCc1csc(-c2ccccn2)n1)c1ccccc1. The number of pyridine rings is 1. The Hall–Kier alpha value is -2.57. The van der Waals surface area contributed by atoms with Crippen molar-refractivity contribution in [2.24, 2.45) is 0 Å². The normalized spacial score (nSPS) is 12.1. The number of thiazole rings is 1. The zero-order valence-electron chi connectivity index (χ0n) is 15.6. The highest BCUT2D eigenvalue weighted by molar-refractivity contribution is 7.13. The molecule has 0 bridgehead atoms. The van der Waals surface area contributed by atoms with Crippen LogP contribution in [0.25, 0.3) is 10.7 Å². The molecule has 0 saturated carbocycles. The van der Waals surface area contributed by atoms with E-state index in [-0.39, 0.29) is 11.9 Å². The minimum absolute atomic E-state index is 0.0465. The van der Waals surface area contributed by atoms with Crippen LogP contribution < -0.4 is 5.32 Å². The van der Waals surface area contributed by atoms with Crippen molar-refractivity contribution >= 4 is 17.2 Å². The second-order valence-electron chi connectivity index (χ2n) is 6.55. The van der Waals surface area contributed by atoms with Crippen LogP contribution in [-0.4, -0.2) is 41.4 Å². The van der Waals surface area contributed by atoms with Crippen molar-refractivity contribution in [2.75, 3.05) is 20.6 Å². The molecule has 3 rings (SSSR count). The molecule has 6 heteroatoms. The highest BCUT2D eigenvalue weighted by Gasteiger charge is 2.15. The summed E-state index contributed by atoms with van der Waals surface area (Å²) in [5, 5.41) is 5.95. The van der Waals surface area contributed by atoms with Crippen molar-refractivity contribution in [1.29, 1.82) is 0 Å². The number of benzene rings is 1. The Labute approximate surface area is 164 Å². The molecule has 0 spiro atoms. The van der Waals surface area contributed by atoms with Crippen LogP contribution in [0.4, 0.5) is 0 Å². The molecule has 3 aromatic rings. The number of nitrogens with zero attached hydrogens (tertiary/aromatic N) is 3. The van der Waals surface area contributed by atoms with Gasteiger partial charge in [-0.3, -0.25) is 9.78 Å². The summed E-state index contributed by atoms with van der Waals surface area (Å²) in [5.74, 6) is 0.0465. The largest absolute Gasteiger partial charge is 0.354 e. The number of likely N-dealkylation sites (N-methyl/N-ethyl adjacent to an activating group) is 1. The Morgan fingerprint density at radius 1 is 1.15 bits per heavy atom. The molecule has 0 saturated heterocycles. The van der Waals surface area contributed by atoms with Gasteiger partial charge >= 0.3 is 0 Å². The molecule has 2 aromatic heterocycles. The Bertz CT molecular complexity index is 849. The van der Waals surface area contributed by atoms with Crippen molar-refractivity contribution in [3.8, 4) is 10.7 Å². The van der Waals surface area contributed by atoms with Crippen LogP contribution in [0.1, 0.15) is 23.7 Å². The van der Waals surface area contributed by atoms with Crippen molar-refractivity contribution in [1.82, 2.24) is 20.2 Å². The lowest BCUT2D eigenvalue weighted by molar-refractivity contribution is -0.121. The first-order chi connectivity index (χ1) is 13.1. The zero-order valence-corrected chi connectivity index (χ0v) is 16.4. The van der Waals surface area contributed by atoms with E-state index in [1.807, 2.05) is 55.9 Å². The first-order valence-electron chi connectivity index (χ1n) is 8.97. The quantitative estimate of drug-likeness (QED) is 0.649. The summed E-state index contributed by atoms with van der Waals surface area (Å²) in [6, 6.07) is 16.2. The molecule has 5 nitrogen and oxygen atoms in total.